The molecule has 3 heterocycles. The Bertz CT molecular complexity index is 1090. The van der Waals surface area contributed by atoms with Gasteiger partial charge < -0.3 is 15.0 Å². The van der Waals surface area contributed by atoms with Crippen LogP contribution >= 0.6 is 0 Å². The Morgan fingerprint density at radius 2 is 2.03 bits per heavy atom. The molecular formula is C24H28N4O3. The first-order chi connectivity index (χ1) is 14.7. The Balaban J connectivity index is 1.61. The fourth-order valence-corrected chi connectivity index (χ4v) is 4.00. The van der Waals surface area contributed by atoms with Gasteiger partial charge in [-0.3, -0.25) is 15.0 Å². The van der Waals surface area contributed by atoms with Crippen LogP contribution in [-0.2, 0) is 23.2 Å². The molecule has 2 aromatic rings. The van der Waals surface area contributed by atoms with Crippen LogP contribution in [0, 0.1) is 5.41 Å². The van der Waals surface area contributed by atoms with Crippen LogP contribution in [0.5, 0.6) is 5.75 Å². The van der Waals surface area contributed by atoms with Crippen molar-refractivity contribution in [3.05, 3.63) is 52.3 Å². The van der Waals surface area contributed by atoms with Crippen molar-refractivity contribution in [2.75, 3.05) is 18.5 Å². The highest BCUT2D eigenvalue weighted by Crippen LogP contribution is 2.44. The molecule has 7 nitrogen and oxygen atoms in total. The SMILES string of the molecule is CCC(=O)Nc1cc(C(=O)CN2Cc3ccc(CC)nc3C2=N)cc2c1OCC2(C)C. The highest BCUT2D eigenvalue weighted by Gasteiger charge is 2.35. The number of carbonyl (C=O) groups excluding carboxylic acids is 2. The number of ketones is 1. The minimum absolute atomic E-state index is 0.0812. The lowest BCUT2D eigenvalue weighted by Gasteiger charge is -2.19. The maximum absolute atomic E-state index is 13.2. The largest absolute Gasteiger partial charge is 0.490 e. The van der Waals surface area contributed by atoms with Crippen LogP contribution in [0.15, 0.2) is 24.3 Å². The van der Waals surface area contributed by atoms with E-state index in [1.807, 2.05) is 25.1 Å². The van der Waals surface area contributed by atoms with E-state index in [1.54, 1.807) is 17.9 Å². The number of aromatic nitrogens is 1. The lowest BCUT2D eigenvalue weighted by atomic mass is 9.85. The van der Waals surface area contributed by atoms with Gasteiger partial charge in [-0.1, -0.05) is 33.8 Å². The Kier molecular flexibility index (Phi) is 5.29. The molecule has 7 heteroatoms. The van der Waals surface area contributed by atoms with Crippen molar-refractivity contribution in [1.29, 1.82) is 5.41 Å². The number of rotatable bonds is 6. The second-order valence-electron chi connectivity index (χ2n) is 8.77. The summed E-state index contributed by atoms with van der Waals surface area (Å²) in [5.41, 5.74) is 4.27. The summed E-state index contributed by atoms with van der Waals surface area (Å²) in [6, 6.07) is 7.53. The van der Waals surface area contributed by atoms with Gasteiger partial charge in [0.1, 0.15) is 17.3 Å². The van der Waals surface area contributed by atoms with Crippen molar-refractivity contribution in [1.82, 2.24) is 9.88 Å². The van der Waals surface area contributed by atoms with Crippen LogP contribution in [0.1, 0.15) is 67.0 Å². The highest BCUT2D eigenvalue weighted by molar-refractivity contribution is 6.05. The molecule has 0 saturated heterocycles. The van der Waals surface area contributed by atoms with Gasteiger partial charge in [0, 0.05) is 40.8 Å². The van der Waals surface area contributed by atoms with E-state index < -0.39 is 0 Å². The van der Waals surface area contributed by atoms with Gasteiger partial charge in [0.2, 0.25) is 5.91 Å². The molecule has 0 radical (unpaired) electrons. The number of carbonyl (C=O) groups is 2. The molecule has 1 aromatic heterocycles. The Morgan fingerprint density at radius 1 is 1.26 bits per heavy atom. The molecule has 4 rings (SSSR count). The number of Topliss-reactive ketones (excluding diaryl/α,β-unsaturated/α-hetero) is 1. The van der Waals surface area contributed by atoms with Crippen molar-refractivity contribution in [2.24, 2.45) is 0 Å². The highest BCUT2D eigenvalue weighted by atomic mass is 16.5. The molecule has 0 saturated carbocycles. The van der Waals surface area contributed by atoms with Gasteiger partial charge in [0.15, 0.2) is 5.78 Å². The Hall–Kier alpha value is -3.22. The molecule has 162 valence electrons. The number of nitrogens with one attached hydrogen (secondary N) is 2. The molecule has 0 spiro atoms. The van der Waals surface area contributed by atoms with Crippen molar-refractivity contribution in [3.63, 3.8) is 0 Å². The van der Waals surface area contributed by atoms with E-state index >= 15 is 0 Å². The quantitative estimate of drug-likeness (QED) is 0.695. The minimum Gasteiger partial charge on any atom is -0.490 e. The van der Waals surface area contributed by atoms with E-state index in [1.165, 1.54) is 0 Å². The third-order valence-electron chi connectivity index (χ3n) is 5.95. The second kappa shape index (κ2) is 7.80. The van der Waals surface area contributed by atoms with E-state index in [2.05, 4.69) is 24.1 Å². The molecule has 0 unspecified atom stereocenters. The first kappa shape index (κ1) is 21.0. The molecule has 0 aliphatic carbocycles. The molecule has 0 atom stereocenters. The number of hydrogen-bond acceptors (Lipinski definition) is 5. The normalized spacial score (nSPS) is 16.0. The molecule has 2 aliphatic heterocycles. The number of nitrogens with zero attached hydrogens (tertiary/aromatic N) is 2. The van der Waals surface area contributed by atoms with Gasteiger partial charge in [-0.2, -0.15) is 0 Å². The Morgan fingerprint density at radius 3 is 2.74 bits per heavy atom. The number of amidine groups is 1. The van der Waals surface area contributed by atoms with E-state index in [4.69, 9.17) is 10.1 Å². The van der Waals surface area contributed by atoms with Crippen molar-refractivity contribution in [3.8, 4) is 5.75 Å². The van der Waals surface area contributed by atoms with Gasteiger partial charge in [-0.05, 0) is 24.6 Å². The minimum atomic E-state index is -0.256. The molecule has 1 aromatic carbocycles. The fraction of sp³-hybridized carbons (Fsp3) is 0.417. The summed E-state index contributed by atoms with van der Waals surface area (Å²) < 4.78 is 5.86. The standard InChI is InChI=1S/C24H28N4O3/c1-5-16-8-7-14-11-28(23(25)21(14)26-16)12-19(29)15-9-17-22(31-13-24(17,3)4)18(10-15)27-20(30)6-2/h7-10,25H,5-6,11-13H2,1-4H3,(H,27,30). The van der Waals surface area contributed by atoms with Crippen LogP contribution in [0.25, 0.3) is 0 Å². The van der Waals surface area contributed by atoms with Crippen LogP contribution in [0.3, 0.4) is 0 Å². The maximum atomic E-state index is 13.2. The number of amides is 1. The van der Waals surface area contributed by atoms with Gasteiger partial charge >= 0.3 is 0 Å². The molecule has 0 fully saturated rings. The Labute approximate surface area is 182 Å². The van der Waals surface area contributed by atoms with Crippen molar-refractivity contribution in [2.45, 2.75) is 52.5 Å². The second-order valence-corrected chi connectivity index (χ2v) is 8.77. The number of anilines is 1. The topological polar surface area (TPSA) is 95.4 Å². The summed E-state index contributed by atoms with van der Waals surface area (Å²) in [7, 11) is 0. The average molecular weight is 421 g/mol. The molecule has 1 amide bonds. The number of benzene rings is 1. The van der Waals surface area contributed by atoms with Crippen LogP contribution in [-0.4, -0.2) is 40.6 Å². The third-order valence-corrected chi connectivity index (χ3v) is 5.95. The van der Waals surface area contributed by atoms with Crippen LogP contribution in [0.4, 0.5) is 5.69 Å². The molecule has 31 heavy (non-hydrogen) atoms. The fourth-order valence-electron chi connectivity index (χ4n) is 4.00. The zero-order valence-electron chi connectivity index (χ0n) is 18.5. The number of fused-ring (bicyclic) bond motifs is 2. The van der Waals surface area contributed by atoms with Crippen molar-refractivity contribution >= 4 is 23.2 Å². The van der Waals surface area contributed by atoms with Crippen molar-refractivity contribution < 1.29 is 14.3 Å². The van der Waals surface area contributed by atoms with Crippen LogP contribution in [0.2, 0.25) is 0 Å². The smallest absolute Gasteiger partial charge is 0.224 e. The number of pyridine rings is 1. The van der Waals surface area contributed by atoms with E-state index in [-0.39, 0.29) is 29.5 Å². The van der Waals surface area contributed by atoms with Gasteiger partial charge in [0.25, 0.3) is 0 Å². The molecular weight excluding hydrogens is 392 g/mol. The lowest BCUT2D eigenvalue weighted by Crippen LogP contribution is -2.30. The zero-order valence-corrected chi connectivity index (χ0v) is 18.5. The van der Waals surface area contributed by atoms with E-state index in [9.17, 15) is 9.59 Å². The molecule has 0 bridgehead atoms. The summed E-state index contributed by atoms with van der Waals surface area (Å²) in [6.45, 7) is 9.00. The first-order valence-corrected chi connectivity index (χ1v) is 10.7. The predicted molar refractivity (Wildman–Crippen MR) is 119 cm³/mol. The van der Waals surface area contributed by atoms with Gasteiger partial charge in [-0.15, -0.1) is 0 Å². The number of ether oxygens (including phenoxy) is 1. The zero-order chi connectivity index (χ0) is 22.3. The monoisotopic (exact) mass is 420 g/mol. The number of hydrogen-bond donors (Lipinski definition) is 2. The summed E-state index contributed by atoms with van der Waals surface area (Å²) >= 11 is 0. The van der Waals surface area contributed by atoms with E-state index in [0.29, 0.717) is 42.3 Å². The van der Waals surface area contributed by atoms with E-state index in [0.717, 1.165) is 23.2 Å². The van der Waals surface area contributed by atoms with Crippen LogP contribution < -0.4 is 10.1 Å². The molecule has 2 aliphatic rings. The predicted octanol–water partition coefficient (Wildman–Crippen LogP) is 3.69. The summed E-state index contributed by atoms with van der Waals surface area (Å²) in [5, 5.41) is 11.4. The lowest BCUT2D eigenvalue weighted by molar-refractivity contribution is -0.115. The average Bonchev–Trinajstić information content (AvgIpc) is 3.23. The summed E-state index contributed by atoms with van der Waals surface area (Å²) in [6.07, 6.45) is 1.14. The summed E-state index contributed by atoms with van der Waals surface area (Å²) in [4.78, 5) is 31.6. The maximum Gasteiger partial charge on any atom is 0.224 e. The first-order valence-electron chi connectivity index (χ1n) is 10.7. The third kappa shape index (κ3) is 3.80. The molecule has 2 N–H and O–H groups in total. The van der Waals surface area contributed by atoms with Gasteiger partial charge in [-0.25, -0.2) is 4.98 Å². The van der Waals surface area contributed by atoms with Gasteiger partial charge in [0.05, 0.1) is 18.8 Å². The number of aryl methyl sites for hydroxylation is 1. The summed E-state index contributed by atoms with van der Waals surface area (Å²) in [5.74, 6) is 0.685.